The standard InChI is InChI=1S/C17H20ClIN2O3/c1-3-16(22)20-6-8-21(9-7-20)17(23)5-4-12-10-14(19)13(18)11-15(12)24-2/h3,10-11H,1,4-9H2,2H3. The molecule has 0 aliphatic carbocycles. The van der Waals surface area contributed by atoms with Crippen LogP contribution in [0.1, 0.15) is 12.0 Å². The molecular weight excluding hydrogens is 443 g/mol. The number of methoxy groups -OCH3 is 1. The second-order valence-corrected chi connectivity index (χ2v) is 7.06. The molecule has 24 heavy (non-hydrogen) atoms. The van der Waals surface area contributed by atoms with E-state index in [-0.39, 0.29) is 11.8 Å². The Morgan fingerprint density at radius 3 is 2.50 bits per heavy atom. The van der Waals surface area contributed by atoms with E-state index in [2.05, 4.69) is 29.2 Å². The van der Waals surface area contributed by atoms with Crippen LogP contribution in [-0.4, -0.2) is 54.9 Å². The van der Waals surface area contributed by atoms with Crippen molar-refractivity contribution in [1.82, 2.24) is 9.80 Å². The van der Waals surface area contributed by atoms with Gasteiger partial charge in [-0.3, -0.25) is 9.59 Å². The molecule has 1 aromatic rings. The van der Waals surface area contributed by atoms with E-state index in [1.54, 1.807) is 23.0 Å². The number of nitrogens with zero attached hydrogens (tertiary/aromatic N) is 2. The summed E-state index contributed by atoms with van der Waals surface area (Å²) in [6.45, 7) is 5.72. The molecule has 0 unspecified atom stereocenters. The number of halogens is 2. The molecule has 130 valence electrons. The number of ether oxygens (including phenoxy) is 1. The number of rotatable bonds is 5. The fraction of sp³-hybridized carbons (Fsp3) is 0.412. The number of amides is 2. The Labute approximate surface area is 160 Å². The lowest BCUT2D eigenvalue weighted by atomic mass is 10.1. The first kappa shape index (κ1) is 19.1. The summed E-state index contributed by atoms with van der Waals surface area (Å²) in [4.78, 5) is 27.5. The summed E-state index contributed by atoms with van der Waals surface area (Å²) in [7, 11) is 1.60. The predicted octanol–water partition coefficient (Wildman–Crippen LogP) is 2.74. The summed E-state index contributed by atoms with van der Waals surface area (Å²) in [5.74, 6) is 0.713. The second-order valence-electron chi connectivity index (χ2n) is 5.49. The minimum Gasteiger partial charge on any atom is -0.496 e. The van der Waals surface area contributed by atoms with Crippen molar-refractivity contribution in [2.75, 3.05) is 33.3 Å². The van der Waals surface area contributed by atoms with Crippen molar-refractivity contribution < 1.29 is 14.3 Å². The molecular formula is C17H20ClIN2O3. The van der Waals surface area contributed by atoms with Gasteiger partial charge < -0.3 is 14.5 Å². The van der Waals surface area contributed by atoms with Crippen LogP contribution in [0.3, 0.4) is 0 Å². The highest BCUT2D eigenvalue weighted by molar-refractivity contribution is 14.1. The van der Waals surface area contributed by atoms with Crippen LogP contribution < -0.4 is 4.74 Å². The summed E-state index contributed by atoms with van der Waals surface area (Å²) in [6.07, 6.45) is 2.32. The zero-order valence-corrected chi connectivity index (χ0v) is 16.5. The van der Waals surface area contributed by atoms with Gasteiger partial charge in [0.25, 0.3) is 0 Å². The largest absolute Gasteiger partial charge is 0.496 e. The van der Waals surface area contributed by atoms with Crippen molar-refractivity contribution >= 4 is 46.0 Å². The van der Waals surface area contributed by atoms with Crippen molar-refractivity contribution in [3.05, 3.63) is 38.9 Å². The van der Waals surface area contributed by atoms with Crippen LogP contribution in [0.5, 0.6) is 5.75 Å². The molecule has 0 saturated carbocycles. The normalized spacial score (nSPS) is 14.5. The quantitative estimate of drug-likeness (QED) is 0.499. The van der Waals surface area contributed by atoms with Gasteiger partial charge in [0, 0.05) is 42.2 Å². The monoisotopic (exact) mass is 462 g/mol. The SMILES string of the molecule is C=CC(=O)N1CCN(C(=O)CCc2cc(I)c(Cl)cc2OC)CC1. The van der Waals surface area contributed by atoms with Crippen molar-refractivity contribution in [2.24, 2.45) is 0 Å². The second kappa shape index (κ2) is 8.71. The van der Waals surface area contributed by atoms with Gasteiger partial charge in [0.1, 0.15) is 5.75 Å². The van der Waals surface area contributed by atoms with E-state index >= 15 is 0 Å². The van der Waals surface area contributed by atoms with Crippen LogP contribution in [-0.2, 0) is 16.0 Å². The van der Waals surface area contributed by atoms with Crippen molar-refractivity contribution in [3.63, 3.8) is 0 Å². The van der Waals surface area contributed by atoms with Crippen molar-refractivity contribution in [3.8, 4) is 5.75 Å². The molecule has 1 aromatic carbocycles. The molecule has 0 bridgehead atoms. The fourth-order valence-electron chi connectivity index (χ4n) is 2.66. The molecule has 0 radical (unpaired) electrons. The van der Waals surface area contributed by atoms with E-state index in [0.717, 1.165) is 9.13 Å². The van der Waals surface area contributed by atoms with E-state index in [9.17, 15) is 9.59 Å². The van der Waals surface area contributed by atoms with Gasteiger partial charge in [0.05, 0.1) is 12.1 Å². The average Bonchev–Trinajstić information content (AvgIpc) is 2.61. The highest BCUT2D eigenvalue weighted by atomic mass is 127. The highest BCUT2D eigenvalue weighted by Crippen LogP contribution is 2.29. The summed E-state index contributed by atoms with van der Waals surface area (Å²) < 4.78 is 6.28. The third-order valence-corrected chi connectivity index (χ3v) is 5.57. The van der Waals surface area contributed by atoms with Gasteiger partial charge in [0.15, 0.2) is 0 Å². The maximum absolute atomic E-state index is 12.4. The van der Waals surface area contributed by atoms with Gasteiger partial charge in [0.2, 0.25) is 11.8 Å². The number of piperazine rings is 1. The smallest absolute Gasteiger partial charge is 0.246 e. The van der Waals surface area contributed by atoms with Gasteiger partial charge in [-0.15, -0.1) is 0 Å². The van der Waals surface area contributed by atoms with E-state index in [1.807, 2.05) is 6.07 Å². The number of hydrogen-bond acceptors (Lipinski definition) is 3. The van der Waals surface area contributed by atoms with E-state index in [1.165, 1.54) is 6.08 Å². The fourth-order valence-corrected chi connectivity index (χ4v) is 3.35. The van der Waals surface area contributed by atoms with Crippen LogP contribution in [0.4, 0.5) is 0 Å². The first-order valence-electron chi connectivity index (χ1n) is 7.67. The molecule has 1 aliphatic heterocycles. The molecule has 2 amide bonds. The maximum Gasteiger partial charge on any atom is 0.246 e. The Bertz CT molecular complexity index is 643. The molecule has 1 heterocycles. The molecule has 0 spiro atoms. The molecule has 2 rings (SSSR count). The summed E-state index contributed by atoms with van der Waals surface area (Å²) >= 11 is 8.27. The number of carbonyl (C=O) groups is 2. The van der Waals surface area contributed by atoms with Gasteiger partial charge in [-0.2, -0.15) is 0 Å². The van der Waals surface area contributed by atoms with Crippen LogP contribution in [0.2, 0.25) is 5.02 Å². The minimum atomic E-state index is -0.0809. The molecule has 1 aliphatic rings. The van der Waals surface area contributed by atoms with Gasteiger partial charge in [-0.25, -0.2) is 0 Å². The van der Waals surface area contributed by atoms with Crippen LogP contribution >= 0.6 is 34.2 Å². The van der Waals surface area contributed by atoms with Crippen LogP contribution in [0, 0.1) is 3.57 Å². The molecule has 0 N–H and O–H groups in total. The minimum absolute atomic E-state index is 0.0809. The van der Waals surface area contributed by atoms with Crippen molar-refractivity contribution in [1.29, 1.82) is 0 Å². The lowest BCUT2D eigenvalue weighted by molar-refractivity contribution is -0.137. The predicted molar refractivity (Wildman–Crippen MR) is 102 cm³/mol. The summed E-state index contributed by atoms with van der Waals surface area (Å²) in [5.41, 5.74) is 0.972. The zero-order chi connectivity index (χ0) is 17.7. The highest BCUT2D eigenvalue weighted by Gasteiger charge is 2.23. The van der Waals surface area contributed by atoms with E-state index in [4.69, 9.17) is 16.3 Å². The van der Waals surface area contributed by atoms with E-state index in [0.29, 0.717) is 49.8 Å². The Balaban J connectivity index is 1.91. The molecule has 0 aromatic heterocycles. The van der Waals surface area contributed by atoms with Gasteiger partial charge in [-0.1, -0.05) is 18.2 Å². The Morgan fingerprint density at radius 1 is 1.29 bits per heavy atom. The first-order valence-corrected chi connectivity index (χ1v) is 9.13. The number of benzene rings is 1. The number of aryl methyl sites for hydroxylation is 1. The molecule has 0 atom stereocenters. The molecule has 7 heteroatoms. The lowest BCUT2D eigenvalue weighted by Gasteiger charge is -2.34. The van der Waals surface area contributed by atoms with Crippen molar-refractivity contribution in [2.45, 2.75) is 12.8 Å². The topological polar surface area (TPSA) is 49.9 Å². The maximum atomic E-state index is 12.4. The summed E-state index contributed by atoms with van der Waals surface area (Å²) in [5, 5.41) is 0.644. The Kier molecular flexibility index (Phi) is 6.91. The zero-order valence-electron chi connectivity index (χ0n) is 13.6. The Hall–Kier alpha value is -1.28. The third-order valence-electron chi connectivity index (χ3n) is 4.05. The molecule has 5 nitrogen and oxygen atoms in total. The molecule has 1 saturated heterocycles. The van der Waals surface area contributed by atoms with E-state index < -0.39 is 0 Å². The van der Waals surface area contributed by atoms with Gasteiger partial charge >= 0.3 is 0 Å². The lowest BCUT2D eigenvalue weighted by Crippen LogP contribution is -2.50. The first-order chi connectivity index (χ1) is 11.5. The van der Waals surface area contributed by atoms with Crippen LogP contribution in [0.25, 0.3) is 0 Å². The third kappa shape index (κ3) is 4.63. The Morgan fingerprint density at radius 2 is 1.92 bits per heavy atom. The number of carbonyl (C=O) groups excluding carboxylic acids is 2. The molecule has 1 fully saturated rings. The number of hydrogen-bond donors (Lipinski definition) is 0. The summed E-state index contributed by atoms with van der Waals surface area (Å²) in [6, 6.07) is 3.73. The van der Waals surface area contributed by atoms with Gasteiger partial charge in [-0.05, 0) is 46.7 Å². The average molecular weight is 463 g/mol. The van der Waals surface area contributed by atoms with Crippen LogP contribution in [0.15, 0.2) is 24.8 Å².